The van der Waals surface area contributed by atoms with E-state index in [0.717, 1.165) is 32.1 Å². The number of carbonyl (C=O) groups is 1. The number of quaternary nitrogens is 1. The van der Waals surface area contributed by atoms with Crippen LogP contribution in [0, 0.1) is 0 Å². The van der Waals surface area contributed by atoms with Crippen molar-refractivity contribution in [1.29, 1.82) is 0 Å². The molecule has 1 unspecified atom stereocenters. The van der Waals surface area contributed by atoms with Crippen molar-refractivity contribution in [3.05, 3.63) is 12.3 Å². The minimum absolute atomic E-state index is 0.0550. The van der Waals surface area contributed by atoms with Crippen LogP contribution in [0.4, 0.5) is 0 Å². The predicted molar refractivity (Wildman–Crippen MR) is 266 cm³/mol. The molecule has 0 aromatic heterocycles. The predicted octanol–water partition coefficient (Wildman–Crippen LogP) is 16.9. The highest BCUT2D eigenvalue weighted by Crippen LogP contribution is 2.43. The molecule has 0 radical (unpaired) electrons. The number of likely N-dealkylation sites (N-methyl/N-ethyl adjacent to an activating group) is 1. The zero-order valence-corrected chi connectivity index (χ0v) is 43.0. The smallest absolute Gasteiger partial charge is 0.472 e. The summed E-state index contributed by atoms with van der Waals surface area (Å²) in [6, 6.07) is 0. The van der Waals surface area contributed by atoms with E-state index in [1.54, 1.807) is 6.26 Å². The molecule has 0 saturated carbocycles. The Morgan fingerprint density at radius 3 is 1.19 bits per heavy atom. The molecule has 8 nitrogen and oxygen atoms in total. The summed E-state index contributed by atoms with van der Waals surface area (Å²) in [6.07, 6.45) is 55.0. The van der Waals surface area contributed by atoms with Gasteiger partial charge in [-0.15, -0.1) is 0 Å². The van der Waals surface area contributed by atoms with Gasteiger partial charge in [0.1, 0.15) is 19.8 Å². The van der Waals surface area contributed by atoms with Gasteiger partial charge in [0.25, 0.3) is 0 Å². The van der Waals surface area contributed by atoms with Gasteiger partial charge >= 0.3 is 13.8 Å². The summed E-state index contributed by atoms with van der Waals surface area (Å²) in [6.45, 7) is 5.00. The maximum atomic E-state index is 12.8. The summed E-state index contributed by atoms with van der Waals surface area (Å²) < 4.78 is 34.9. The number of esters is 1. The van der Waals surface area contributed by atoms with Crippen LogP contribution in [0.5, 0.6) is 0 Å². The van der Waals surface area contributed by atoms with Crippen molar-refractivity contribution >= 4 is 13.8 Å². The first-order valence-electron chi connectivity index (χ1n) is 27.0. The lowest BCUT2D eigenvalue weighted by atomic mass is 10.0. The fourth-order valence-electron chi connectivity index (χ4n) is 7.99. The van der Waals surface area contributed by atoms with Gasteiger partial charge in [0, 0.05) is 6.42 Å². The normalized spacial score (nSPS) is 13.5. The molecule has 0 heterocycles. The molecule has 0 aliphatic heterocycles. The van der Waals surface area contributed by atoms with Gasteiger partial charge in [-0.25, -0.2) is 4.57 Å². The van der Waals surface area contributed by atoms with E-state index in [1.165, 1.54) is 218 Å². The Morgan fingerprint density at radius 1 is 0.500 bits per heavy atom. The van der Waals surface area contributed by atoms with E-state index in [0.29, 0.717) is 17.4 Å². The summed E-state index contributed by atoms with van der Waals surface area (Å²) in [7, 11) is 1.65. The maximum Gasteiger partial charge on any atom is 0.472 e. The Balaban J connectivity index is 4.10. The quantitative estimate of drug-likeness (QED) is 0.0214. The minimum Gasteiger partial charge on any atom is -0.498 e. The number of carbonyl (C=O) groups excluding carboxylic acids is 1. The van der Waals surface area contributed by atoms with Gasteiger partial charge in [0.15, 0.2) is 6.10 Å². The van der Waals surface area contributed by atoms with Crippen LogP contribution < -0.4 is 0 Å². The van der Waals surface area contributed by atoms with E-state index in [9.17, 15) is 14.3 Å². The van der Waals surface area contributed by atoms with Crippen LogP contribution in [-0.4, -0.2) is 69.0 Å². The van der Waals surface area contributed by atoms with Crippen LogP contribution in [0.3, 0.4) is 0 Å². The second kappa shape index (κ2) is 46.6. The van der Waals surface area contributed by atoms with Crippen molar-refractivity contribution in [2.75, 3.05) is 47.5 Å². The van der Waals surface area contributed by atoms with Gasteiger partial charge in [-0.1, -0.05) is 245 Å². The fraction of sp³-hybridized carbons (Fsp3) is 0.943. The third kappa shape index (κ3) is 50.1. The molecule has 0 aliphatic rings. The molecule has 0 amide bonds. The van der Waals surface area contributed by atoms with E-state index in [-0.39, 0.29) is 25.8 Å². The molecule has 62 heavy (non-hydrogen) atoms. The van der Waals surface area contributed by atoms with Gasteiger partial charge in [0.2, 0.25) is 0 Å². The van der Waals surface area contributed by atoms with Crippen LogP contribution >= 0.6 is 7.82 Å². The molecule has 0 aliphatic carbocycles. The summed E-state index contributed by atoms with van der Waals surface area (Å²) >= 11 is 0. The lowest BCUT2D eigenvalue weighted by Crippen LogP contribution is -2.37. The molecule has 0 spiro atoms. The highest BCUT2D eigenvalue weighted by molar-refractivity contribution is 7.47. The van der Waals surface area contributed by atoms with Crippen LogP contribution in [-0.2, 0) is 27.9 Å². The third-order valence-electron chi connectivity index (χ3n) is 12.2. The van der Waals surface area contributed by atoms with Crippen LogP contribution in [0.2, 0.25) is 0 Å². The Bertz CT molecular complexity index is 1000. The number of unbranched alkanes of at least 4 members (excludes halogenated alkanes) is 37. The molecule has 370 valence electrons. The Morgan fingerprint density at radius 2 is 0.839 bits per heavy atom. The largest absolute Gasteiger partial charge is 0.498 e. The van der Waals surface area contributed by atoms with Crippen molar-refractivity contribution in [2.24, 2.45) is 0 Å². The highest BCUT2D eigenvalue weighted by Gasteiger charge is 2.26. The van der Waals surface area contributed by atoms with E-state index in [2.05, 4.69) is 13.8 Å². The molecule has 0 aromatic rings. The lowest BCUT2D eigenvalue weighted by Gasteiger charge is -2.24. The number of phosphoric acid groups is 1. The molecular weight excluding hydrogens is 794 g/mol. The zero-order chi connectivity index (χ0) is 45.5. The van der Waals surface area contributed by atoms with E-state index in [1.807, 2.05) is 27.2 Å². The molecule has 2 atom stereocenters. The second-order valence-electron chi connectivity index (χ2n) is 19.7. The van der Waals surface area contributed by atoms with Gasteiger partial charge in [0.05, 0.1) is 34.0 Å². The van der Waals surface area contributed by atoms with Gasteiger partial charge < -0.3 is 18.9 Å². The van der Waals surface area contributed by atoms with Crippen molar-refractivity contribution in [3.63, 3.8) is 0 Å². The number of rotatable bonds is 51. The van der Waals surface area contributed by atoms with Gasteiger partial charge in [-0.05, 0) is 25.3 Å². The first kappa shape index (κ1) is 61.1. The average molecular weight is 901 g/mol. The number of ether oxygens (including phenoxy) is 2. The van der Waals surface area contributed by atoms with Crippen molar-refractivity contribution in [2.45, 2.75) is 277 Å². The highest BCUT2D eigenvalue weighted by atomic mass is 31.2. The van der Waals surface area contributed by atoms with Crippen LogP contribution in [0.15, 0.2) is 12.3 Å². The molecule has 0 aromatic carbocycles. The second-order valence-corrected chi connectivity index (χ2v) is 21.1. The summed E-state index contributed by atoms with van der Waals surface area (Å²) in [4.78, 5) is 23.0. The van der Waals surface area contributed by atoms with Crippen molar-refractivity contribution in [1.82, 2.24) is 0 Å². The standard InChI is InChI=1S/C53H106NO7P/c1-6-8-10-12-14-16-18-20-22-24-26-27-28-29-30-32-34-36-38-40-42-44-46-53(55)61-52(51-60-62(56,57)59-49-47-54(3,4)5)50-58-48-45-43-41-39-37-35-33-31-25-23-21-19-17-15-13-11-9-7-2/h45,48,52H,6-44,46-47,49-51H2,1-5H3/p+1/b48-45+/t52-/m1/s1. The molecule has 1 N–H and O–H groups in total. The number of phosphoric ester groups is 1. The van der Waals surface area contributed by atoms with E-state index < -0.39 is 13.9 Å². The minimum atomic E-state index is -4.29. The maximum absolute atomic E-state index is 12.8. The SMILES string of the molecule is CCCCCCCCCCCCCCCCCC/C=C/OC[C@H](COP(=O)(O)OCC[N+](C)(C)C)OC(=O)CCCCCCCCCCCCCCCCCCCCCCCC. The van der Waals surface area contributed by atoms with E-state index in [4.69, 9.17) is 18.5 Å². The number of allylic oxidation sites excluding steroid dienone is 1. The Kier molecular flexibility index (Phi) is 45.9. The molecular formula is C53H107NO7P+. The fourth-order valence-corrected chi connectivity index (χ4v) is 8.73. The summed E-state index contributed by atoms with van der Waals surface area (Å²) in [5.41, 5.74) is 0. The van der Waals surface area contributed by atoms with E-state index >= 15 is 0 Å². The molecule has 0 rings (SSSR count). The third-order valence-corrected chi connectivity index (χ3v) is 13.2. The van der Waals surface area contributed by atoms with Crippen molar-refractivity contribution in [3.8, 4) is 0 Å². The van der Waals surface area contributed by atoms with Gasteiger partial charge in [-0.3, -0.25) is 13.8 Å². The molecule has 9 heteroatoms. The number of hydrogen-bond acceptors (Lipinski definition) is 6. The van der Waals surface area contributed by atoms with Crippen LogP contribution in [0.1, 0.15) is 271 Å². The van der Waals surface area contributed by atoms with Gasteiger partial charge in [-0.2, -0.15) is 0 Å². The topological polar surface area (TPSA) is 91.3 Å². The first-order valence-corrected chi connectivity index (χ1v) is 28.5. The Hall–Kier alpha value is -0.920. The van der Waals surface area contributed by atoms with Crippen LogP contribution in [0.25, 0.3) is 0 Å². The molecule has 0 saturated heterocycles. The average Bonchev–Trinajstić information content (AvgIpc) is 3.23. The zero-order valence-electron chi connectivity index (χ0n) is 42.1. The lowest BCUT2D eigenvalue weighted by molar-refractivity contribution is -0.870. The summed E-state index contributed by atoms with van der Waals surface area (Å²) in [5, 5.41) is 0. The summed E-state index contributed by atoms with van der Waals surface area (Å²) in [5.74, 6) is -0.328. The first-order chi connectivity index (χ1) is 30.1. The molecule has 0 fully saturated rings. The van der Waals surface area contributed by atoms with Crippen molar-refractivity contribution < 1.29 is 37.3 Å². The number of nitrogens with zero attached hydrogens (tertiary/aromatic N) is 1. The number of hydrogen-bond donors (Lipinski definition) is 1. The monoisotopic (exact) mass is 901 g/mol. The molecule has 0 bridgehead atoms. The Labute approximate surface area is 386 Å².